The zero-order chi connectivity index (χ0) is 16.4. The fraction of sp³-hybridized carbons (Fsp3) is 0.235. The molecule has 7 nitrogen and oxygen atoms in total. The lowest BCUT2D eigenvalue weighted by Crippen LogP contribution is -2.41. The SMILES string of the molecule is O=C(NCc1ccccc1-n1cccn1)[C@@H]1NCCc2[nH]cnc21. The van der Waals surface area contributed by atoms with Gasteiger partial charge in [-0.1, -0.05) is 18.2 Å². The average Bonchev–Trinajstić information content (AvgIpc) is 3.30. The maximum atomic E-state index is 12.6. The van der Waals surface area contributed by atoms with Crippen molar-refractivity contribution in [1.82, 2.24) is 30.4 Å². The van der Waals surface area contributed by atoms with Gasteiger partial charge in [-0.15, -0.1) is 0 Å². The van der Waals surface area contributed by atoms with E-state index in [1.807, 2.05) is 36.5 Å². The summed E-state index contributed by atoms with van der Waals surface area (Å²) >= 11 is 0. The number of para-hydroxylation sites is 1. The molecule has 1 amide bonds. The van der Waals surface area contributed by atoms with Gasteiger partial charge in [0.15, 0.2) is 0 Å². The third-order valence-electron chi connectivity index (χ3n) is 4.21. The van der Waals surface area contributed by atoms with Gasteiger partial charge in [0, 0.05) is 37.6 Å². The summed E-state index contributed by atoms with van der Waals surface area (Å²) in [5.41, 5.74) is 3.79. The number of carbonyl (C=O) groups is 1. The average molecular weight is 322 g/mol. The number of hydrogen-bond donors (Lipinski definition) is 3. The monoisotopic (exact) mass is 322 g/mol. The van der Waals surface area contributed by atoms with Crippen molar-refractivity contribution in [2.24, 2.45) is 0 Å². The summed E-state index contributed by atoms with van der Waals surface area (Å²) in [5, 5.41) is 10.5. The number of H-pyrrole nitrogens is 1. The van der Waals surface area contributed by atoms with E-state index in [9.17, 15) is 4.79 Å². The highest BCUT2D eigenvalue weighted by Gasteiger charge is 2.28. The van der Waals surface area contributed by atoms with Gasteiger partial charge in [-0.25, -0.2) is 9.67 Å². The smallest absolute Gasteiger partial charge is 0.243 e. The van der Waals surface area contributed by atoms with Gasteiger partial charge in [0.2, 0.25) is 5.91 Å². The highest BCUT2D eigenvalue weighted by Crippen LogP contribution is 2.20. The van der Waals surface area contributed by atoms with E-state index in [1.165, 1.54) is 0 Å². The van der Waals surface area contributed by atoms with Gasteiger partial charge in [0.05, 0.1) is 17.7 Å². The van der Waals surface area contributed by atoms with Crippen LogP contribution in [-0.2, 0) is 17.8 Å². The van der Waals surface area contributed by atoms with Crippen LogP contribution in [0.25, 0.3) is 5.69 Å². The quantitative estimate of drug-likeness (QED) is 0.671. The molecule has 2 aromatic heterocycles. The Balaban J connectivity index is 1.50. The van der Waals surface area contributed by atoms with Gasteiger partial charge in [-0.05, 0) is 17.7 Å². The molecule has 0 bridgehead atoms. The van der Waals surface area contributed by atoms with Crippen LogP contribution in [0.15, 0.2) is 49.1 Å². The van der Waals surface area contributed by atoms with Crippen LogP contribution in [0.5, 0.6) is 0 Å². The zero-order valence-electron chi connectivity index (χ0n) is 13.1. The van der Waals surface area contributed by atoms with Crippen LogP contribution in [-0.4, -0.2) is 32.2 Å². The van der Waals surface area contributed by atoms with Crippen LogP contribution in [0.1, 0.15) is 23.0 Å². The first-order valence-corrected chi connectivity index (χ1v) is 7.94. The number of fused-ring (bicyclic) bond motifs is 1. The molecule has 0 fully saturated rings. The minimum absolute atomic E-state index is 0.0710. The Hall–Kier alpha value is -2.93. The fourth-order valence-corrected chi connectivity index (χ4v) is 3.02. The van der Waals surface area contributed by atoms with E-state index in [4.69, 9.17) is 0 Å². The van der Waals surface area contributed by atoms with E-state index in [0.717, 1.165) is 35.6 Å². The maximum absolute atomic E-state index is 12.6. The Labute approximate surface area is 139 Å². The molecule has 3 heterocycles. The van der Waals surface area contributed by atoms with Crippen molar-refractivity contribution in [2.45, 2.75) is 19.0 Å². The molecule has 0 saturated heterocycles. The van der Waals surface area contributed by atoms with E-state index in [2.05, 4.69) is 25.7 Å². The summed E-state index contributed by atoms with van der Waals surface area (Å²) in [5.74, 6) is -0.0710. The largest absolute Gasteiger partial charge is 0.350 e. The fourth-order valence-electron chi connectivity index (χ4n) is 3.02. The molecule has 0 spiro atoms. The summed E-state index contributed by atoms with van der Waals surface area (Å²) in [7, 11) is 0. The predicted octanol–water partition coefficient (Wildman–Crippen LogP) is 1.10. The number of rotatable bonds is 4. The van der Waals surface area contributed by atoms with Gasteiger partial charge in [0.25, 0.3) is 0 Å². The van der Waals surface area contributed by atoms with Crippen molar-refractivity contribution in [1.29, 1.82) is 0 Å². The summed E-state index contributed by atoms with van der Waals surface area (Å²) in [6.45, 7) is 1.20. The normalized spacial score (nSPS) is 16.6. The van der Waals surface area contributed by atoms with Crippen molar-refractivity contribution in [3.63, 3.8) is 0 Å². The lowest BCUT2D eigenvalue weighted by molar-refractivity contribution is -0.123. The van der Waals surface area contributed by atoms with Crippen LogP contribution in [0.4, 0.5) is 0 Å². The molecule has 1 aliphatic heterocycles. The molecule has 122 valence electrons. The number of hydrogen-bond acceptors (Lipinski definition) is 4. The van der Waals surface area contributed by atoms with E-state index < -0.39 is 6.04 Å². The molecule has 1 aromatic carbocycles. The van der Waals surface area contributed by atoms with Crippen LogP contribution in [0.3, 0.4) is 0 Å². The number of aromatic nitrogens is 4. The molecule has 1 aliphatic rings. The number of amides is 1. The van der Waals surface area contributed by atoms with E-state index >= 15 is 0 Å². The molecule has 4 rings (SSSR count). The maximum Gasteiger partial charge on any atom is 0.243 e. The Morgan fingerprint density at radius 2 is 2.25 bits per heavy atom. The third-order valence-corrected chi connectivity index (χ3v) is 4.21. The molecule has 0 saturated carbocycles. The van der Waals surface area contributed by atoms with Gasteiger partial charge in [0.1, 0.15) is 6.04 Å². The molecule has 3 aromatic rings. The van der Waals surface area contributed by atoms with Crippen molar-refractivity contribution >= 4 is 5.91 Å². The number of nitrogens with zero attached hydrogens (tertiary/aromatic N) is 3. The van der Waals surface area contributed by atoms with Crippen molar-refractivity contribution in [3.8, 4) is 5.69 Å². The molecular weight excluding hydrogens is 304 g/mol. The third kappa shape index (κ3) is 2.69. The van der Waals surface area contributed by atoms with Gasteiger partial charge in [-0.3, -0.25) is 4.79 Å². The molecule has 0 unspecified atom stereocenters. The minimum atomic E-state index is -0.406. The Kier molecular flexibility index (Phi) is 3.84. The molecule has 0 aliphatic carbocycles. The number of carbonyl (C=O) groups excluding carboxylic acids is 1. The van der Waals surface area contributed by atoms with Gasteiger partial charge < -0.3 is 15.6 Å². The van der Waals surface area contributed by atoms with Crippen LogP contribution >= 0.6 is 0 Å². The molecule has 24 heavy (non-hydrogen) atoms. The van der Waals surface area contributed by atoms with Crippen molar-refractivity contribution in [2.75, 3.05) is 6.54 Å². The Bertz CT molecular complexity index is 838. The molecule has 7 heteroatoms. The summed E-state index contributed by atoms with van der Waals surface area (Å²) in [6.07, 6.45) is 6.13. The predicted molar refractivity (Wildman–Crippen MR) is 88.4 cm³/mol. The molecular formula is C17H18N6O. The van der Waals surface area contributed by atoms with Crippen LogP contribution < -0.4 is 10.6 Å². The molecule has 0 radical (unpaired) electrons. The van der Waals surface area contributed by atoms with Crippen molar-refractivity contribution < 1.29 is 4.79 Å². The van der Waals surface area contributed by atoms with Gasteiger partial charge >= 0.3 is 0 Å². The number of imidazole rings is 1. The standard InChI is InChI=1S/C17H18N6O/c24-17(16-15-13(6-8-18-16)20-11-21-15)19-10-12-4-1-2-5-14(12)23-9-3-7-22-23/h1-5,7,9,11,16,18H,6,8,10H2,(H,19,24)(H,20,21)/t16-/m1/s1. The van der Waals surface area contributed by atoms with E-state index in [1.54, 1.807) is 17.2 Å². The van der Waals surface area contributed by atoms with Crippen LogP contribution in [0, 0.1) is 0 Å². The lowest BCUT2D eigenvalue weighted by Gasteiger charge is -2.22. The van der Waals surface area contributed by atoms with E-state index in [-0.39, 0.29) is 5.91 Å². The van der Waals surface area contributed by atoms with Crippen LogP contribution in [0.2, 0.25) is 0 Å². The number of aromatic amines is 1. The second kappa shape index (κ2) is 6.29. The first-order chi connectivity index (χ1) is 11.8. The molecule has 3 N–H and O–H groups in total. The summed E-state index contributed by atoms with van der Waals surface area (Å²) < 4.78 is 1.80. The highest BCUT2D eigenvalue weighted by atomic mass is 16.2. The summed E-state index contributed by atoms with van der Waals surface area (Å²) in [6, 6.07) is 9.36. The van der Waals surface area contributed by atoms with Gasteiger partial charge in [-0.2, -0.15) is 5.10 Å². The lowest BCUT2D eigenvalue weighted by atomic mass is 10.0. The second-order valence-electron chi connectivity index (χ2n) is 5.70. The first-order valence-electron chi connectivity index (χ1n) is 7.94. The summed E-state index contributed by atoms with van der Waals surface area (Å²) in [4.78, 5) is 20.0. The number of benzene rings is 1. The van der Waals surface area contributed by atoms with E-state index in [0.29, 0.717) is 6.54 Å². The Morgan fingerprint density at radius 1 is 1.33 bits per heavy atom. The second-order valence-corrected chi connectivity index (χ2v) is 5.70. The van der Waals surface area contributed by atoms with Crippen molar-refractivity contribution in [3.05, 3.63) is 66.0 Å². The molecule has 1 atom stereocenters. The Morgan fingerprint density at radius 3 is 3.12 bits per heavy atom. The number of nitrogens with one attached hydrogen (secondary N) is 3. The first kappa shape index (κ1) is 14.6. The highest BCUT2D eigenvalue weighted by molar-refractivity contribution is 5.83. The topological polar surface area (TPSA) is 87.6 Å². The zero-order valence-corrected chi connectivity index (χ0v) is 13.1. The minimum Gasteiger partial charge on any atom is -0.350 e.